The number of hydrogen-bond acceptors (Lipinski definition) is 5. The zero-order valence-corrected chi connectivity index (χ0v) is 38.8. The molecular weight excluding hydrogens is 885 g/mol. The first-order chi connectivity index (χ1) is 35.2. The second-order valence-corrected chi connectivity index (χ2v) is 19.3. The summed E-state index contributed by atoms with van der Waals surface area (Å²) in [6.07, 6.45) is 0. The molecule has 0 spiro atoms. The molecule has 5 heterocycles. The minimum atomic E-state index is 0.640. The number of rotatable bonds is 6. The maximum absolute atomic E-state index is 5.48. The van der Waals surface area contributed by atoms with Crippen molar-refractivity contribution in [2.45, 2.75) is 0 Å². The van der Waals surface area contributed by atoms with Gasteiger partial charge < -0.3 is 0 Å². The van der Waals surface area contributed by atoms with E-state index < -0.39 is 0 Å². The van der Waals surface area contributed by atoms with Crippen molar-refractivity contribution in [3.05, 3.63) is 231 Å². The second-order valence-electron chi connectivity index (χ2n) is 18.2. The summed E-state index contributed by atoms with van der Waals surface area (Å²) in [5.74, 6) is 1.28. The number of benzene rings is 10. The van der Waals surface area contributed by atoms with Crippen LogP contribution in [0.2, 0.25) is 0 Å². The fraction of sp³-hybridized carbons (Fsp3) is 0. The Kier molecular flexibility index (Phi) is 8.73. The van der Waals surface area contributed by atoms with Crippen LogP contribution in [0.15, 0.2) is 231 Å². The van der Waals surface area contributed by atoms with Crippen molar-refractivity contribution in [3.8, 4) is 56.0 Å². The summed E-state index contributed by atoms with van der Waals surface area (Å²) in [5, 5.41) is 10.3. The molecule has 0 radical (unpaired) electrons. The molecule has 15 rings (SSSR count). The molecule has 6 nitrogen and oxygen atoms in total. The summed E-state index contributed by atoms with van der Waals surface area (Å²) >= 11 is 1.75. The Balaban J connectivity index is 0.959. The van der Waals surface area contributed by atoms with Gasteiger partial charge in [-0.05, 0) is 92.8 Å². The van der Waals surface area contributed by atoms with E-state index in [2.05, 4.69) is 234 Å². The van der Waals surface area contributed by atoms with Crippen LogP contribution in [0.1, 0.15) is 0 Å². The normalized spacial score (nSPS) is 11.9. The van der Waals surface area contributed by atoms with Crippen LogP contribution in [0, 0.1) is 0 Å². The molecule has 0 unspecified atom stereocenters. The van der Waals surface area contributed by atoms with Crippen LogP contribution in [0.3, 0.4) is 0 Å². The van der Waals surface area contributed by atoms with Gasteiger partial charge in [0.2, 0.25) is 11.9 Å². The largest absolute Gasteiger partial charge is 0.278 e. The van der Waals surface area contributed by atoms with Crippen LogP contribution in [0.25, 0.3) is 142 Å². The van der Waals surface area contributed by atoms with Crippen molar-refractivity contribution in [2.75, 3.05) is 0 Å². The van der Waals surface area contributed by atoms with E-state index in [1.807, 2.05) is 6.07 Å². The molecule has 330 valence electrons. The van der Waals surface area contributed by atoms with Gasteiger partial charge in [-0.25, -0.2) is 19.9 Å². The van der Waals surface area contributed by atoms with Gasteiger partial charge in [0, 0.05) is 42.9 Å². The van der Waals surface area contributed by atoms with Gasteiger partial charge in [-0.15, -0.1) is 11.3 Å². The molecule has 0 atom stereocenters. The summed E-state index contributed by atoms with van der Waals surface area (Å²) in [7, 11) is 0. The lowest BCUT2D eigenvalue weighted by atomic mass is 9.98. The average Bonchev–Trinajstić information content (AvgIpc) is 4.12. The topological polar surface area (TPSA) is 61.4 Å². The Hall–Kier alpha value is -9.30. The third kappa shape index (κ3) is 6.27. The fourth-order valence-electron chi connectivity index (χ4n) is 10.8. The van der Waals surface area contributed by atoms with Crippen LogP contribution >= 0.6 is 11.3 Å². The molecule has 0 aliphatic heterocycles. The predicted octanol–water partition coefficient (Wildman–Crippen LogP) is 16.8. The molecule has 0 amide bonds. The lowest BCUT2D eigenvalue weighted by molar-refractivity contribution is 1.01. The molecule has 0 bridgehead atoms. The van der Waals surface area contributed by atoms with Crippen LogP contribution < -0.4 is 0 Å². The number of aromatic nitrogens is 6. The Morgan fingerprint density at radius 1 is 0.296 bits per heavy atom. The van der Waals surface area contributed by atoms with E-state index in [9.17, 15) is 0 Å². The van der Waals surface area contributed by atoms with Gasteiger partial charge in [0.25, 0.3) is 0 Å². The van der Waals surface area contributed by atoms with Gasteiger partial charge in [0.05, 0.1) is 49.2 Å². The Morgan fingerprint density at radius 2 is 0.817 bits per heavy atom. The lowest BCUT2D eigenvalue weighted by Gasteiger charge is -2.12. The first-order valence-corrected chi connectivity index (χ1v) is 24.7. The molecular formula is C64H38N6S. The Bertz CT molecular complexity index is 4630. The molecule has 0 N–H and O–H groups in total. The summed E-state index contributed by atoms with van der Waals surface area (Å²) in [6, 6.07) is 82.1. The van der Waals surface area contributed by atoms with Crippen LogP contribution in [0.5, 0.6) is 0 Å². The molecule has 71 heavy (non-hydrogen) atoms. The van der Waals surface area contributed by atoms with Crippen LogP contribution in [-0.2, 0) is 0 Å². The monoisotopic (exact) mass is 922 g/mol. The molecule has 7 heteroatoms. The third-order valence-electron chi connectivity index (χ3n) is 14.1. The zero-order valence-electron chi connectivity index (χ0n) is 38.0. The smallest absolute Gasteiger partial charge is 0.235 e. The molecule has 0 saturated heterocycles. The van der Waals surface area contributed by atoms with E-state index in [-0.39, 0.29) is 0 Å². The average molecular weight is 923 g/mol. The molecule has 0 saturated carbocycles. The Labute approximate surface area is 411 Å². The highest BCUT2D eigenvalue weighted by Crippen LogP contribution is 2.43. The van der Waals surface area contributed by atoms with Gasteiger partial charge in [0.15, 0.2) is 0 Å². The summed E-state index contributed by atoms with van der Waals surface area (Å²) < 4.78 is 5.59. The maximum Gasteiger partial charge on any atom is 0.235 e. The molecule has 5 aromatic heterocycles. The molecule has 0 fully saturated rings. The standard InChI is InChI=1S/C64H38N6S/c1-4-17-40(18-5-1)58-38-53-62(71-58)61(42-21-8-3-9-22-42)68-64(66-53)69-55-32-30-46(36-51(55)59-47-25-13-12-16-39(47)28-33-56(59)69)45-29-31-54-49(35-45)50-34-43-23-10-11-24-44(43)37-57(50)70(54)63-65-52-27-15-14-26-48(52)60(67-63)41-19-6-2-7-20-41/h1-38H. The highest BCUT2D eigenvalue weighted by atomic mass is 32.1. The lowest BCUT2D eigenvalue weighted by Crippen LogP contribution is -2.03. The second kappa shape index (κ2) is 15.6. The van der Waals surface area contributed by atoms with E-state index in [0.29, 0.717) is 11.9 Å². The van der Waals surface area contributed by atoms with Crippen molar-refractivity contribution in [3.63, 3.8) is 0 Å². The quantitative estimate of drug-likeness (QED) is 0.167. The minimum absolute atomic E-state index is 0.640. The zero-order chi connectivity index (χ0) is 46.6. The van der Waals surface area contributed by atoms with Crippen molar-refractivity contribution in [1.82, 2.24) is 29.1 Å². The number of fused-ring (bicyclic) bond motifs is 11. The van der Waals surface area contributed by atoms with E-state index >= 15 is 0 Å². The van der Waals surface area contributed by atoms with Crippen LogP contribution in [0.4, 0.5) is 0 Å². The first-order valence-electron chi connectivity index (χ1n) is 23.9. The SMILES string of the molecule is c1ccc(-c2cc3nc(-n4c5ccc(-c6ccc7c(c6)c6cc8ccccc8cc6n7-c6nc(-c7ccccc7)c7ccccc7n6)cc5c5c6ccccc6ccc54)nc(-c4ccccc4)c3s2)cc1. The summed E-state index contributed by atoms with van der Waals surface area (Å²) in [6.45, 7) is 0. The summed E-state index contributed by atoms with van der Waals surface area (Å²) in [5.41, 5.74) is 13.4. The molecule has 0 aliphatic rings. The number of hydrogen-bond donors (Lipinski definition) is 0. The van der Waals surface area contributed by atoms with Crippen molar-refractivity contribution >= 4 is 97.6 Å². The maximum atomic E-state index is 5.48. The van der Waals surface area contributed by atoms with Gasteiger partial charge in [-0.1, -0.05) is 176 Å². The van der Waals surface area contributed by atoms with Crippen molar-refractivity contribution < 1.29 is 0 Å². The van der Waals surface area contributed by atoms with Gasteiger partial charge in [-0.2, -0.15) is 0 Å². The molecule has 0 aliphatic carbocycles. The van der Waals surface area contributed by atoms with Gasteiger partial charge >= 0.3 is 0 Å². The number of para-hydroxylation sites is 1. The third-order valence-corrected chi connectivity index (χ3v) is 15.3. The fourth-order valence-corrected chi connectivity index (χ4v) is 11.9. The minimum Gasteiger partial charge on any atom is -0.278 e. The van der Waals surface area contributed by atoms with E-state index in [1.165, 1.54) is 27.1 Å². The van der Waals surface area contributed by atoms with Crippen LogP contribution in [-0.4, -0.2) is 29.1 Å². The van der Waals surface area contributed by atoms with Gasteiger partial charge in [0.1, 0.15) is 0 Å². The summed E-state index contributed by atoms with van der Waals surface area (Å²) in [4.78, 5) is 22.7. The predicted molar refractivity (Wildman–Crippen MR) is 296 cm³/mol. The number of nitrogens with zero attached hydrogens (tertiary/aromatic N) is 6. The Morgan fingerprint density at radius 3 is 1.55 bits per heavy atom. The molecule has 15 aromatic rings. The van der Waals surface area contributed by atoms with Gasteiger partial charge in [-0.3, -0.25) is 9.13 Å². The number of thiophene rings is 1. The highest BCUT2D eigenvalue weighted by Gasteiger charge is 2.23. The van der Waals surface area contributed by atoms with E-state index in [0.717, 1.165) is 103 Å². The van der Waals surface area contributed by atoms with Crippen molar-refractivity contribution in [1.29, 1.82) is 0 Å². The highest BCUT2D eigenvalue weighted by molar-refractivity contribution is 7.22. The van der Waals surface area contributed by atoms with E-state index in [4.69, 9.17) is 19.9 Å². The van der Waals surface area contributed by atoms with Crippen molar-refractivity contribution in [2.24, 2.45) is 0 Å². The first kappa shape index (κ1) is 39.7. The van der Waals surface area contributed by atoms with E-state index in [1.54, 1.807) is 11.3 Å². The molecule has 10 aromatic carbocycles.